The number of aryl methyl sites for hydroxylation is 1. The first-order valence-electron chi connectivity index (χ1n) is 8.32. The van der Waals surface area contributed by atoms with Crippen LogP contribution >= 0.6 is 0 Å². The molecule has 1 atom stereocenters. The predicted molar refractivity (Wildman–Crippen MR) is 97.4 cm³/mol. The van der Waals surface area contributed by atoms with E-state index in [1.54, 1.807) is 12.0 Å². The Labute approximate surface area is 147 Å². The van der Waals surface area contributed by atoms with Crippen LogP contribution in [0.4, 0.5) is 11.4 Å². The molecule has 0 aromatic heterocycles. The van der Waals surface area contributed by atoms with Gasteiger partial charge in [-0.2, -0.15) is 0 Å². The van der Waals surface area contributed by atoms with Gasteiger partial charge < -0.3 is 15.0 Å². The van der Waals surface area contributed by atoms with Crippen molar-refractivity contribution in [3.8, 4) is 0 Å². The molecule has 1 aliphatic heterocycles. The average molecular weight is 338 g/mol. The predicted octanol–water partition coefficient (Wildman–Crippen LogP) is 3.13. The van der Waals surface area contributed by atoms with E-state index in [0.717, 1.165) is 22.5 Å². The maximum Gasteiger partial charge on any atom is 0.229 e. The van der Waals surface area contributed by atoms with Gasteiger partial charge in [-0.3, -0.25) is 9.59 Å². The summed E-state index contributed by atoms with van der Waals surface area (Å²) in [6.07, 6.45) is 0.234. The van der Waals surface area contributed by atoms with Crippen molar-refractivity contribution in [1.82, 2.24) is 0 Å². The summed E-state index contributed by atoms with van der Waals surface area (Å²) in [5, 5.41) is 2.91. The molecule has 0 aliphatic carbocycles. The van der Waals surface area contributed by atoms with E-state index in [1.165, 1.54) is 0 Å². The third kappa shape index (κ3) is 4.06. The van der Waals surface area contributed by atoms with Crippen LogP contribution in [0.25, 0.3) is 0 Å². The Bertz CT molecular complexity index is 771. The first-order chi connectivity index (χ1) is 12.1. The molecule has 2 aromatic carbocycles. The number of anilines is 2. The molecule has 5 nitrogen and oxygen atoms in total. The van der Waals surface area contributed by atoms with E-state index in [1.807, 2.05) is 55.5 Å². The van der Waals surface area contributed by atoms with Gasteiger partial charge in [0.25, 0.3) is 0 Å². The fourth-order valence-electron chi connectivity index (χ4n) is 3.01. The lowest BCUT2D eigenvalue weighted by molar-refractivity contribution is -0.122. The minimum Gasteiger partial charge on any atom is -0.380 e. The zero-order valence-electron chi connectivity index (χ0n) is 14.5. The fraction of sp³-hybridized carbons (Fsp3) is 0.300. The van der Waals surface area contributed by atoms with Crippen LogP contribution in [0.1, 0.15) is 17.5 Å². The van der Waals surface area contributed by atoms with Gasteiger partial charge in [-0.1, -0.05) is 29.8 Å². The van der Waals surface area contributed by atoms with Crippen molar-refractivity contribution in [2.45, 2.75) is 20.0 Å². The third-order valence-electron chi connectivity index (χ3n) is 4.35. The summed E-state index contributed by atoms with van der Waals surface area (Å²) >= 11 is 0. The number of carbonyl (C=O) groups is 2. The van der Waals surface area contributed by atoms with E-state index in [-0.39, 0.29) is 24.2 Å². The number of ether oxygens (including phenoxy) is 1. The second-order valence-corrected chi connectivity index (χ2v) is 6.36. The molecule has 130 valence electrons. The largest absolute Gasteiger partial charge is 0.380 e. The average Bonchev–Trinajstić information content (AvgIpc) is 2.98. The van der Waals surface area contributed by atoms with Gasteiger partial charge in [0.05, 0.1) is 12.5 Å². The van der Waals surface area contributed by atoms with Gasteiger partial charge in [-0.05, 0) is 36.8 Å². The Hall–Kier alpha value is -2.66. The highest BCUT2D eigenvalue weighted by molar-refractivity contribution is 6.03. The Morgan fingerprint density at radius 2 is 2.00 bits per heavy atom. The van der Waals surface area contributed by atoms with Crippen molar-refractivity contribution in [1.29, 1.82) is 0 Å². The van der Waals surface area contributed by atoms with Gasteiger partial charge in [0.1, 0.15) is 0 Å². The highest BCUT2D eigenvalue weighted by Gasteiger charge is 2.35. The molecule has 1 saturated heterocycles. The van der Waals surface area contributed by atoms with Crippen LogP contribution in [0.15, 0.2) is 48.5 Å². The van der Waals surface area contributed by atoms with E-state index in [2.05, 4.69) is 5.32 Å². The van der Waals surface area contributed by atoms with Crippen LogP contribution in [0.5, 0.6) is 0 Å². The number of hydrogen-bond donors (Lipinski definition) is 1. The van der Waals surface area contributed by atoms with Crippen molar-refractivity contribution in [2.75, 3.05) is 23.9 Å². The van der Waals surface area contributed by atoms with E-state index in [0.29, 0.717) is 13.2 Å². The lowest BCUT2D eigenvalue weighted by atomic mass is 10.1. The summed E-state index contributed by atoms with van der Waals surface area (Å²) in [5.41, 5.74) is 3.69. The molecule has 2 amide bonds. The van der Waals surface area contributed by atoms with Crippen LogP contribution in [-0.4, -0.2) is 25.5 Å². The van der Waals surface area contributed by atoms with Gasteiger partial charge >= 0.3 is 0 Å². The number of benzene rings is 2. The van der Waals surface area contributed by atoms with Crippen LogP contribution in [0.3, 0.4) is 0 Å². The number of nitrogens with zero attached hydrogens (tertiary/aromatic N) is 1. The SMILES string of the molecule is COCc1cccc(NC(=O)C2CC(=O)N(c3ccc(C)cc3)C2)c1. The second kappa shape index (κ2) is 7.49. The molecular weight excluding hydrogens is 316 g/mol. The van der Waals surface area contributed by atoms with E-state index in [9.17, 15) is 9.59 Å². The molecule has 5 heteroatoms. The Morgan fingerprint density at radius 1 is 1.24 bits per heavy atom. The standard InChI is InChI=1S/C20H22N2O3/c1-14-6-8-18(9-7-14)22-12-16(11-19(22)23)20(24)21-17-5-3-4-15(10-17)13-25-2/h3-10,16H,11-13H2,1-2H3,(H,21,24). The highest BCUT2D eigenvalue weighted by atomic mass is 16.5. The summed E-state index contributed by atoms with van der Waals surface area (Å²) in [6.45, 7) is 2.90. The Morgan fingerprint density at radius 3 is 2.72 bits per heavy atom. The number of nitrogens with one attached hydrogen (secondary N) is 1. The Balaban J connectivity index is 1.66. The first kappa shape index (κ1) is 17.2. The molecule has 3 rings (SSSR count). The molecular formula is C20H22N2O3. The summed E-state index contributed by atoms with van der Waals surface area (Å²) in [5.74, 6) is -0.491. The summed E-state index contributed by atoms with van der Waals surface area (Å²) in [4.78, 5) is 26.5. The van der Waals surface area contributed by atoms with Crippen molar-refractivity contribution < 1.29 is 14.3 Å². The number of rotatable bonds is 5. The first-order valence-corrected chi connectivity index (χ1v) is 8.32. The fourth-order valence-corrected chi connectivity index (χ4v) is 3.01. The minimum atomic E-state index is -0.347. The normalized spacial score (nSPS) is 17.0. The van der Waals surface area contributed by atoms with Crippen molar-refractivity contribution >= 4 is 23.2 Å². The lowest BCUT2D eigenvalue weighted by Gasteiger charge is -2.17. The van der Waals surface area contributed by atoms with Gasteiger partial charge in [-0.25, -0.2) is 0 Å². The van der Waals surface area contributed by atoms with Crippen molar-refractivity contribution in [3.63, 3.8) is 0 Å². The Kier molecular flexibility index (Phi) is 5.14. The molecule has 0 spiro atoms. The molecule has 1 aliphatic rings. The highest BCUT2D eigenvalue weighted by Crippen LogP contribution is 2.26. The topological polar surface area (TPSA) is 58.6 Å². The second-order valence-electron chi connectivity index (χ2n) is 6.36. The molecule has 1 N–H and O–H groups in total. The lowest BCUT2D eigenvalue weighted by Crippen LogP contribution is -2.28. The minimum absolute atomic E-state index is 0.0165. The number of hydrogen-bond acceptors (Lipinski definition) is 3. The number of carbonyl (C=O) groups excluding carboxylic acids is 2. The van der Waals surface area contributed by atoms with E-state index >= 15 is 0 Å². The van der Waals surface area contributed by atoms with Crippen LogP contribution < -0.4 is 10.2 Å². The van der Waals surface area contributed by atoms with Gasteiger partial charge in [0.2, 0.25) is 11.8 Å². The third-order valence-corrected chi connectivity index (χ3v) is 4.35. The van der Waals surface area contributed by atoms with E-state index in [4.69, 9.17) is 4.74 Å². The molecule has 1 unspecified atom stereocenters. The number of amides is 2. The molecule has 1 heterocycles. The summed E-state index contributed by atoms with van der Waals surface area (Å²) in [7, 11) is 1.63. The molecule has 25 heavy (non-hydrogen) atoms. The monoisotopic (exact) mass is 338 g/mol. The number of methoxy groups -OCH3 is 1. The van der Waals surface area contributed by atoms with Gasteiger partial charge in [-0.15, -0.1) is 0 Å². The quantitative estimate of drug-likeness (QED) is 0.911. The van der Waals surface area contributed by atoms with Crippen LogP contribution in [0, 0.1) is 12.8 Å². The van der Waals surface area contributed by atoms with Gasteiger partial charge in [0, 0.05) is 31.5 Å². The van der Waals surface area contributed by atoms with E-state index < -0.39 is 0 Å². The molecule has 1 fully saturated rings. The zero-order chi connectivity index (χ0) is 17.8. The molecule has 0 saturated carbocycles. The molecule has 2 aromatic rings. The van der Waals surface area contributed by atoms with Crippen LogP contribution in [0.2, 0.25) is 0 Å². The van der Waals surface area contributed by atoms with Crippen molar-refractivity contribution in [2.24, 2.45) is 5.92 Å². The molecule has 0 bridgehead atoms. The smallest absolute Gasteiger partial charge is 0.229 e. The maximum atomic E-state index is 12.5. The van der Waals surface area contributed by atoms with Gasteiger partial charge in [0.15, 0.2) is 0 Å². The summed E-state index contributed by atoms with van der Waals surface area (Å²) in [6, 6.07) is 15.3. The van der Waals surface area contributed by atoms with Crippen molar-refractivity contribution in [3.05, 3.63) is 59.7 Å². The molecule has 0 radical (unpaired) electrons. The zero-order valence-corrected chi connectivity index (χ0v) is 14.5. The van der Waals surface area contributed by atoms with Crippen LogP contribution in [-0.2, 0) is 20.9 Å². The summed E-state index contributed by atoms with van der Waals surface area (Å²) < 4.78 is 5.11. The maximum absolute atomic E-state index is 12.5.